The van der Waals surface area contributed by atoms with Gasteiger partial charge in [-0.2, -0.15) is 20.1 Å². The van der Waals surface area contributed by atoms with E-state index in [1.54, 1.807) is 19.3 Å². The molecule has 0 spiro atoms. The van der Waals surface area contributed by atoms with Gasteiger partial charge in [0.15, 0.2) is 5.82 Å². The van der Waals surface area contributed by atoms with Gasteiger partial charge in [-0.1, -0.05) is 0 Å². The minimum atomic E-state index is 0.334. The molecule has 1 saturated heterocycles. The maximum atomic E-state index is 9.36. The second-order valence-electron chi connectivity index (χ2n) is 8.38. The van der Waals surface area contributed by atoms with Crippen molar-refractivity contribution in [3.05, 3.63) is 30.0 Å². The van der Waals surface area contributed by atoms with Gasteiger partial charge in [0.1, 0.15) is 5.82 Å². The Hall–Kier alpha value is -3.29. The normalized spacial score (nSPS) is 21.9. The number of aromatic nitrogens is 5. The first-order chi connectivity index (χ1) is 15.7. The summed E-state index contributed by atoms with van der Waals surface area (Å²) in [5.74, 6) is 1.78. The van der Waals surface area contributed by atoms with Crippen LogP contribution in [0.1, 0.15) is 31.2 Å². The molecule has 32 heavy (non-hydrogen) atoms. The third-order valence-corrected chi connectivity index (χ3v) is 6.26. The Labute approximate surface area is 186 Å². The van der Waals surface area contributed by atoms with E-state index in [1.165, 1.54) is 4.80 Å². The molecule has 1 saturated carbocycles. The molecule has 0 atom stereocenters. The summed E-state index contributed by atoms with van der Waals surface area (Å²) in [5, 5.41) is 25.3. The van der Waals surface area contributed by atoms with Crippen LogP contribution in [-0.4, -0.2) is 68.2 Å². The van der Waals surface area contributed by atoms with Crippen molar-refractivity contribution in [3.63, 3.8) is 0 Å². The molecule has 0 amide bonds. The molecule has 3 heterocycles. The number of ether oxygens (including phenoxy) is 1. The molecule has 2 aromatic heterocycles. The van der Waals surface area contributed by atoms with Gasteiger partial charge in [0.05, 0.1) is 36.6 Å². The van der Waals surface area contributed by atoms with E-state index in [-0.39, 0.29) is 0 Å². The molecule has 0 radical (unpaired) electrons. The summed E-state index contributed by atoms with van der Waals surface area (Å²) in [6.45, 7) is 3.75. The highest BCUT2D eigenvalue weighted by Crippen LogP contribution is 2.29. The number of nitriles is 1. The van der Waals surface area contributed by atoms with Gasteiger partial charge in [-0.15, -0.1) is 5.10 Å². The summed E-state index contributed by atoms with van der Waals surface area (Å²) in [7, 11) is 1.76. The molecule has 10 nitrogen and oxygen atoms in total. The standard InChI is InChI=1S/C22H27N9O/c1-30-24-14-20(29-30)27-22-26-19-7-2-15(13-23)12-18(19)21(28-22)25-16-3-5-17(6-4-16)31-8-10-32-11-9-31/h2,7,12,14,16-17H,3-6,8-11H2,1H3,(H2,25,26,27,28,29). The van der Waals surface area contributed by atoms with Crippen LogP contribution in [0.5, 0.6) is 0 Å². The predicted molar refractivity (Wildman–Crippen MR) is 121 cm³/mol. The molecule has 1 aliphatic heterocycles. The highest BCUT2D eigenvalue weighted by Gasteiger charge is 2.27. The average Bonchev–Trinajstić information content (AvgIpc) is 3.24. The van der Waals surface area contributed by atoms with Gasteiger partial charge >= 0.3 is 0 Å². The number of morpholine rings is 1. The monoisotopic (exact) mass is 433 g/mol. The topological polar surface area (TPSA) is 117 Å². The summed E-state index contributed by atoms with van der Waals surface area (Å²) in [6, 6.07) is 8.67. The smallest absolute Gasteiger partial charge is 0.231 e. The minimum Gasteiger partial charge on any atom is -0.379 e. The minimum absolute atomic E-state index is 0.334. The van der Waals surface area contributed by atoms with Crippen molar-refractivity contribution in [1.29, 1.82) is 5.26 Å². The molecular weight excluding hydrogens is 406 g/mol. The quantitative estimate of drug-likeness (QED) is 0.625. The van der Waals surface area contributed by atoms with Gasteiger partial charge in [0, 0.05) is 37.6 Å². The van der Waals surface area contributed by atoms with Gasteiger partial charge < -0.3 is 15.4 Å². The van der Waals surface area contributed by atoms with Crippen molar-refractivity contribution in [2.45, 2.75) is 37.8 Å². The summed E-state index contributed by atoms with van der Waals surface area (Å²) in [6.07, 6.45) is 6.12. The molecule has 1 aliphatic carbocycles. The van der Waals surface area contributed by atoms with Crippen LogP contribution < -0.4 is 10.6 Å². The lowest BCUT2D eigenvalue weighted by Crippen LogP contribution is -2.46. The van der Waals surface area contributed by atoms with Crippen molar-refractivity contribution in [1.82, 2.24) is 29.9 Å². The highest BCUT2D eigenvalue weighted by molar-refractivity contribution is 5.91. The fourth-order valence-electron chi connectivity index (χ4n) is 4.60. The molecule has 166 valence electrons. The van der Waals surface area contributed by atoms with E-state index in [1.807, 2.05) is 12.1 Å². The van der Waals surface area contributed by atoms with Crippen LogP contribution in [0.4, 0.5) is 17.6 Å². The van der Waals surface area contributed by atoms with Crippen LogP contribution in [0.2, 0.25) is 0 Å². The van der Waals surface area contributed by atoms with Crippen molar-refractivity contribution in [2.75, 3.05) is 36.9 Å². The van der Waals surface area contributed by atoms with Crippen LogP contribution in [0.25, 0.3) is 10.9 Å². The fourth-order valence-corrected chi connectivity index (χ4v) is 4.60. The maximum Gasteiger partial charge on any atom is 0.231 e. The predicted octanol–water partition coefficient (Wildman–Crippen LogP) is 2.43. The largest absolute Gasteiger partial charge is 0.379 e. The summed E-state index contributed by atoms with van der Waals surface area (Å²) in [5.41, 5.74) is 1.37. The lowest BCUT2D eigenvalue weighted by Gasteiger charge is -2.39. The molecule has 1 aromatic carbocycles. The zero-order valence-corrected chi connectivity index (χ0v) is 18.2. The van der Waals surface area contributed by atoms with E-state index in [0.29, 0.717) is 29.4 Å². The van der Waals surface area contributed by atoms with Crippen LogP contribution >= 0.6 is 0 Å². The molecular formula is C22H27N9O. The lowest BCUT2D eigenvalue weighted by atomic mass is 9.90. The van der Waals surface area contributed by atoms with E-state index in [0.717, 1.165) is 68.7 Å². The molecule has 2 fully saturated rings. The number of aryl methyl sites for hydroxylation is 1. The number of nitrogens with one attached hydrogen (secondary N) is 2. The second kappa shape index (κ2) is 9.06. The van der Waals surface area contributed by atoms with Crippen molar-refractivity contribution < 1.29 is 4.74 Å². The molecule has 0 unspecified atom stereocenters. The first kappa shape index (κ1) is 20.6. The number of hydrogen-bond donors (Lipinski definition) is 2. The number of fused-ring (bicyclic) bond motifs is 1. The second-order valence-corrected chi connectivity index (χ2v) is 8.38. The zero-order chi connectivity index (χ0) is 21.9. The number of rotatable bonds is 5. The third kappa shape index (κ3) is 4.49. The lowest BCUT2D eigenvalue weighted by molar-refractivity contribution is 0.00791. The number of benzene rings is 1. The van der Waals surface area contributed by atoms with Gasteiger partial charge in [0.2, 0.25) is 5.95 Å². The molecule has 3 aromatic rings. The highest BCUT2D eigenvalue weighted by atomic mass is 16.5. The Balaban J connectivity index is 1.36. The van der Waals surface area contributed by atoms with Gasteiger partial charge in [0.25, 0.3) is 0 Å². The van der Waals surface area contributed by atoms with Crippen LogP contribution in [-0.2, 0) is 11.8 Å². The zero-order valence-electron chi connectivity index (χ0n) is 18.2. The average molecular weight is 434 g/mol. The van der Waals surface area contributed by atoms with Crippen LogP contribution in [0.15, 0.2) is 24.4 Å². The number of anilines is 3. The Morgan fingerprint density at radius 1 is 1.12 bits per heavy atom. The van der Waals surface area contributed by atoms with E-state index in [4.69, 9.17) is 9.72 Å². The summed E-state index contributed by atoms with van der Waals surface area (Å²) >= 11 is 0. The van der Waals surface area contributed by atoms with Crippen molar-refractivity contribution >= 4 is 28.5 Å². The van der Waals surface area contributed by atoms with E-state index in [2.05, 4.69) is 36.8 Å². The Morgan fingerprint density at radius 3 is 2.66 bits per heavy atom. The van der Waals surface area contributed by atoms with Crippen LogP contribution in [0.3, 0.4) is 0 Å². The van der Waals surface area contributed by atoms with Gasteiger partial charge in [-0.25, -0.2) is 4.98 Å². The summed E-state index contributed by atoms with van der Waals surface area (Å²) < 4.78 is 5.50. The molecule has 5 rings (SSSR count). The molecule has 2 aliphatic rings. The molecule has 0 bridgehead atoms. The first-order valence-electron chi connectivity index (χ1n) is 11.1. The van der Waals surface area contributed by atoms with E-state index in [9.17, 15) is 5.26 Å². The number of hydrogen-bond acceptors (Lipinski definition) is 9. The Bertz CT molecular complexity index is 1120. The fraction of sp³-hybridized carbons (Fsp3) is 0.500. The molecule has 2 N–H and O–H groups in total. The first-order valence-corrected chi connectivity index (χ1v) is 11.1. The van der Waals surface area contributed by atoms with E-state index < -0.39 is 0 Å². The van der Waals surface area contributed by atoms with Crippen molar-refractivity contribution in [3.8, 4) is 6.07 Å². The number of nitrogens with zero attached hydrogens (tertiary/aromatic N) is 7. The van der Waals surface area contributed by atoms with Crippen LogP contribution in [0, 0.1) is 11.3 Å². The molecule has 10 heteroatoms. The SMILES string of the molecule is Cn1ncc(Nc2nc(NC3CCC(N4CCOCC4)CC3)c3cc(C#N)ccc3n2)n1. The maximum absolute atomic E-state index is 9.36. The van der Waals surface area contributed by atoms with E-state index >= 15 is 0 Å². The van der Waals surface area contributed by atoms with Gasteiger partial charge in [-0.05, 0) is 43.9 Å². The van der Waals surface area contributed by atoms with Crippen molar-refractivity contribution in [2.24, 2.45) is 7.05 Å². The Kier molecular flexibility index (Phi) is 5.83. The third-order valence-electron chi connectivity index (χ3n) is 6.26. The Morgan fingerprint density at radius 2 is 1.94 bits per heavy atom. The van der Waals surface area contributed by atoms with Gasteiger partial charge in [-0.3, -0.25) is 4.90 Å². The summed E-state index contributed by atoms with van der Waals surface area (Å²) in [4.78, 5) is 13.4.